The van der Waals surface area contributed by atoms with Gasteiger partial charge in [0.1, 0.15) is 30.5 Å². The van der Waals surface area contributed by atoms with E-state index in [-0.39, 0.29) is 19.2 Å². The van der Waals surface area contributed by atoms with Crippen molar-refractivity contribution in [1.82, 2.24) is 0 Å². The minimum Gasteiger partial charge on any atom is -0.457 e. The summed E-state index contributed by atoms with van der Waals surface area (Å²) in [6.45, 7) is 4.60. The molecule has 4 N–H and O–H groups in total. The van der Waals surface area contributed by atoms with Crippen LogP contribution in [0.4, 0.5) is 0 Å². The van der Waals surface area contributed by atoms with Crippen LogP contribution in [0, 0.1) is 0 Å². The van der Waals surface area contributed by atoms with Gasteiger partial charge in [-0.25, -0.2) is 0 Å². The summed E-state index contributed by atoms with van der Waals surface area (Å²) in [5.74, 6) is -0.310. The minimum atomic E-state index is -1.54. The van der Waals surface area contributed by atoms with Crippen molar-refractivity contribution in [3.63, 3.8) is 0 Å². The fourth-order valence-corrected chi connectivity index (χ4v) is 8.90. The van der Waals surface area contributed by atoms with Crippen molar-refractivity contribution in [3.05, 3.63) is 24.3 Å². The molecule has 1 heterocycles. The van der Waals surface area contributed by atoms with Gasteiger partial charge in [-0.2, -0.15) is 0 Å². The van der Waals surface area contributed by atoms with Crippen molar-refractivity contribution in [3.8, 4) is 0 Å². The maximum atomic E-state index is 12.9. The second-order valence-corrected chi connectivity index (χ2v) is 19.7. The molecule has 0 radical (unpaired) electrons. The van der Waals surface area contributed by atoms with Gasteiger partial charge in [0.15, 0.2) is 6.29 Å². The predicted molar refractivity (Wildman–Crippen MR) is 275 cm³/mol. The zero-order valence-electron chi connectivity index (χ0n) is 43.2. The number of esters is 1. The standard InChI is InChI=1S/C57H108O9/c1-3-5-7-9-11-13-15-17-19-21-23-25-26-27-28-30-32-34-36-38-40-42-44-46-53(59)65-51(50-64-57-56(62)55(61)54(60)52(48-58)66-57)49-63-47-45-43-41-39-37-35-33-31-29-24-22-20-18-16-14-12-10-8-6-4-2/h18,20-21,23,51-52,54-58,60-62H,3-17,19,22,24-50H2,1-2H3/b20-18-,23-21-. The minimum absolute atomic E-state index is 0.110. The average Bonchev–Trinajstić information content (AvgIpc) is 3.32. The van der Waals surface area contributed by atoms with Crippen LogP contribution in [0.15, 0.2) is 24.3 Å². The fourth-order valence-electron chi connectivity index (χ4n) is 8.90. The molecule has 0 aromatic rings. The van der Waals surface area contributed by atoms with Crippen LogP contribution < -0.4 is 0 Å². The Hall–Kier alpha value is -1.33. The van der Waals surface area contributed by atoms with Crippen molar-refractivity contribution in [2.24, 2.45) is 0 Å². The van der Waals surface area contributed by atoms with Crippen molar-refractivity contribution < 1.29 is 44.2 Å². The first kappa shape index (κ1) is 62.7. The van der Waals surface area contributed by atoms with Crippen LogP contribution in [0.25, 0.3) is 0 Å². The Bertz CT molecular complexity index is 1070. The number of carbonyl (C=O) groups excluding carboxylic acids is 1. The Kier molecular flexibility index (Phi) is 46.2. The third-order valence-corrected chi connectivity index (χ3v) is 13.3. The van der Waals surface area contributed by atoms with Gasteiger partial charge in [0.05, 0.1) is 19.8 Å². The van der Waals surface area contributed by atoms with Crippen molar-refractivity contribution in [2.45, 2.75) is 307 Å². The van der Waals surface area contributed by atoms with E-state index in [9.17, 15) is 25.2 Å². The number of unbranched alkanes of at least 4 members (excludes halogenated alkanes) is 35. The molecule has 0 amide bonds. The zero-order chi connectivity index (χ0) is 47.8. The molecule has 9 nitrogen and oxygen atoms in total. The molecule has 390 valence electrons. The summed E-state index contributed by atoms with van der Waals surface area (Å²) in [7, 11) is 0. The van der Waals surface area contributed by atoms with E-state index in [1.807, 2.05) is 0 Å². The van der Waals surface area contributed by atoms with Crippen molar-refractivity contribution in [1.29, 1.82) is 0 Å². The number of aliphatic hydroxyl groups is 4. The first-order valence-electron chi connectivity index (χ1n) is 28.4. The molecule has 6 unspecified atom stereocenters. The smallest absolute Gasteiger partial charge is 0.306 e. The highest BCUT2D eigenvalue weighted by Gasteiger charge is 2.44. The Balaban J connectivity index is 2.15. The number of hydrogen-bond donors (Lipinski definition) is 4. The van der Waals surface area contributed by atoms with Crippen molar-refractivity contribution >= 4 is 5.97 Å². The largest absolute Gasteiger partial charge is 0.457 e. The summed E-state index contributed by atoms with van der Waals surface area (Å²) < 4.78 is 23.0. The zero-order valence-corrected chi connectivity index (χ0v) is 43.2. The van der Waals surface area contributed by atoms with Crippen LogP contribution in [-0.4, -0.2) is 89.6 Å². The van der Waals surface area contributed by atoms with Gasteiger partial charge in [0, 0.05) is 13.0 Å². The molecule has 1 rings (SSSR count). The van der Waals surface area contributed by atoms with E-state index < -0.39 is 43.4 Å². The summed E-state index contributed by atoms with van der Waals surface area (Å²) in [4.78, 5) is 12.9. The molecule has 0 saturated carbocycles. The number of aliphatic hydroxyl groups excluding tert-OH is 4. The van der Waals surface area contributed by atoms with Gasteiger partial charge in [0.25, 0.3) is 0 Å². The van der Waals surface area contributed by atoms with E-state index in [0.717, 1.165) is 32.1 Å². The molecule has 6 atom stereocenters. The van der Waals surface area contributed by atoms with Gasteiger partial charge in [-0.3, -0.25) is 4.79 Å². The highest BCUT2D eigenvalue weighted by Crippen LogP contribution is 2.23. The number of allylic oxidation sites excluding steroid dienone is 4. The third-order valence-electron chi connectivity index (χ3n) is 13.3. The summed E-state index contributed by atoms with van der Waals surface area (Å²) in [6.07, 6.45) is 52.2. The second-order valence-electron chi connectivity index (χ2n) is 19.7. The topological polar surface area (TPSA) is 135 Å². The van der Waals surface area contributed by atoms with Gasteiger partial charge in [-0.15, -0.1) is 0 Å². The van der Waals surface area contributed by atoms with Crippen LogP contribution in [0.3, 0.4) is 0 Å². The lowest BCUT2D eigenvalue weighted by molar-refractivity contribution is -0.305. The molecule has 1 aliphatic heterocycles. The van der Waals surface area contributed by atoms with E-state index in [4.69, 9.17) is 18.9 Å². The van der Waals surface area contributed by atoms with Gasteiger partial charge < -0.3 is 39.4 Å². The maximum Gasteiger partial charge on any atom is 0.306 e. The lowest BCUT2D eigenvalue weighted by atomic mass is 9.99. The molecular weight excluding hydrogens is 829 g/mol. The summed E-state index contributed by atoms with van der Waals surface area (Å²) in [6, 6.07) is 0. The summed E-state index contributed by atoms with van der Waals surface area (Å²) >= 11 is 0. The first-order chi connectivity index (χ1) is 32.4. The molecule has 1 saturated heterocycles. The Morgan fingerprint density at radius 3 is 1.23 bits per heavy atom. The lowest BCUT2D eigenvalue weighted by Gasteiger charge is -2.39. The van der Waals surface area contributed by atoms with Gasteiger partial charge >= 0.3 is 5.97 Å². The molecular formula is C57H108O9. The molecule has 1 fully saturated rings. The van der Waals surface area contributed by atoms with Crippen LogP contribution >= 0.6 is 0 Å². The summed E-state index contributed by atoms with van der Waals surface area (Å²) in [5, 5.41) is 40.3. The molecule has 0 aliphatic carbocycles. The first-order valence-corrected chi connectivity index (χ1v) is 28.4. The van der Waals surface area contributed by atoms with E-state index in [2.05, 4.69) is 38.2 Å². The van der Waals surface area contributed by atoms with Gasteiger partial charge in [0.2, 0.25) is 0 Å². The Labute approximate surface area is 407 Å². The van der Waals surface area contributed by atoms with Gasteiger partial charge in [-0.1, -0.05) is 224 Å². The Morgan fingerprint density at radius 1 is 0.470 bits per heavy atom. The average molecular weight is 937 g/mol. The quantitative estimate of drug-likeness (QED) is 0.0267. The normalized spacial score (nSPS) is 19.4. The molecule has 9 heteroatoms. The van der Waals surface area contributed by atoms with Crippen LogP contribution in [-0.2, 0) is 23.7 Å². The number of ether oxygens (including phenoxy) is 4. The molecule has 0 aromatic carbocycles. The van der Waals surface area contributed by atoms with Crippen LogP contribution in [0.5, 0.6) is 0 Å². The van der Waals surface area contributed by atoms with E-state index in [0.29, 0.717) is 13.0 Å². The highest BCUT2D eigenvalue weighted by molar-refractivity contribution is 5.69. The second kappa shape index (κ2) is 48.7. The maximum absolute atomic E-state index is 12.9. The molecule has 0 bridgehead atoms. The Morgan fingerprint density at radius 2 is 0.833 bits per heavy atom. The fraction of sp³-hybridized carbons (Fsp3) is 0.912. The molecule has 1 aliphatic rings. The van der Waals surface area contributed by atoms with E-state index in [1.165, 1.54) is 218 Å². The molecule has 66 heavy (non-hydrogen) atoms. The van der Waals surface area contributed by atoms with E-state index >= 15 is 0 Å². The van der Waals surface area contributed by atoms with Crippen LogP contribution in [0.1, 0.15) is 271 Å². The molecule has 0 spiro atoms. The van der Waals surface area contributed by atoms with Crippen LogP contribution in [0.2, 0.25) is 0 Å². The highest BCUT2D eigenvalue weighted by atomic mass is 16.7. The molecule has 0 aromatic heterocycles. The van der Waals surface area contributed by atoms with Gasteiger partial charge in [-0.05, 0) is 64.2 Å². The lowest BCUT2D eigenvalue weighted by Crippen LogP contribution is -2.59. The third kappa shape index (κ3) is 38.5. The SMILES string of the molecule is CCCCCCCC/C=C\CCCCCCCCCCCCOCC(COC1OC(CO)C(O)C(O)C1O)OC(=O)CCCCCCCCCCCCC/C=C\CCCCCCCCCC. The monoisotopic (exact) mass is 937 g/mol. The van der Waals surface area contributed by atoms with E-state index in [1.54, 1.807) is 0 Å². The predicted octanol–water partition coefficient (Wildman–Crippen LogP) is 14.5. The van der Waals surface area contributed by atoms with Crippen molar-refractivity contribution in [2.75, 3.05) is 26.4 Å². The summed E-state index contributed by atoms with van der Waals surface area (Å²) in [5.41, 5.74) is 0. The number of rotatable bonds is 50. The number of hydrogen-bond acceptors (Lipinski definition) is 9. The number of carbonyl (C=O) groups is 1.